The van der Waals surface area contributed by atoms with Gasteiger partial charge in [0.05, 0.1) is 17.9 Å². The van der Waals surface area contributed by atoms with E-state index < -0.39 is 0 Å². The Hall–Kier alpha value is -2.96. The standard InChI is InChI=1S/C23H26FN5O2S/c1-15-16(2)20(12-25)23(26-17(15)3)32-14-22(31)29-10-8-28(9-11-29)13-21(30)27-19-6-4-18(24)5-7-19/h4-7H,8-11,13-14H2,1-3H3,(H,27,30). The van der Waals surface area contributed by atoms with E-state index in [0.29, 0.717) is 42.5 Å². The zero-order chi connectivity index (χ0) is 23.3. The fourth-order valence-corrected chi connectivity index (χ4v) is 4.45. The number of aryl methyl sites for hydroxylation is 1. The number of nitrogens with zero attached hydrogens (tertiary/aromatic N) is 4. The lowest BCUT2D eigenvalue weighted by Gasteiger charge is -2.34. The summed E-state index contributed by atoms with van der Waals surface area (Å²) in [6.07, 6.45) is 0. The molecule has 0 bridgehead atoms. The van der Waals surface area contributed by atoms with Crippen LogP contribution in [0.25, 0.3) is 0 Å². The van der Waals surface area contributed by atoms with E-state index >= 15 is 0 Å². The fourth-order valence-electron chi connectivity index (χ4n) is 3.46. The molecule has 32 heavy (non-hydrogen) atoms. The highest BCUT2D eigenvalue weighted by atomic mass is 32.2. The molecule has 0 aliphatic carbocycles. The summed E-state index contributed by atoms with van der Waals surface area (Å²) < 4.78 is 13.0. The van der Waals surface area contributed by atoms with Gasteiger partial charge < -0.3 is 10.2 Å². The number of hydrogen-bond donors (Lipinski definition) is 1. The average molecular weight is 456 g/mol. The molecule has 9 heteroatoms. The van der Waals surface area contributed by atoms with Crippen LogP contribution in [0.1, 0.15) is 22.4 Å². The van der Waals surface area contributed by atoms with Crippen LogP contribution in [-0.4, -0.2) is 65.1 Å². The molecule has 1 aromatic heterocycles. The van der Waals surface area contributed by atoms with Gasteiger partial charge in [-0.1, -0.05) is 11.8 Å². The smallest absolute Gasteiger partial charge is 0.238 e. The third-order valence-corrected chi connectivity index (χ3v) is 6.59. The first-order valence-electron chi connectivity index (χ1n) is 10.3. The van der Waals surface area contributed by atoms with E-state index in [1.807, 2.05) is 25.7 Å². The SMILES string of the molecule is Cc1nc(SCC(=O)N2CCN(CC(=O)Nc3ccc(F)cc3)CC2)c(C#N)c(C)c1C. The van der Waals surface area contributed by atoms with Gasteiger partial charge in [0.25, 0.3) is 0 Å². The van der Waals surface area contributed by atoms with Crippen molar-refractivity contribution in [2.45, 2.75) is 25.8 Å². The maximum Gasteiger partial charge on any atom is 0.238 e. The van der Waals surface area contributed by atoms with Gasteiger partial charge in [-0.2, -0.15) is 5.26 Å². The highest BCUT2D eigenvalue weighted by molar-refractivity contribution is 8.00. The van der Waals surface area contributed by atoms with Crippen molar-refractivity contribution in [1.29, 1.82) is 5.26 Å². The topological polar surface area (TPSA) is 89.3 Å². The Kier molecular flexibility index (Phi) is 7.83. The molecule has 7 nitrogen and oxygen atoms in total. The number of piperazine rings is 1. The molecule has 2 aromatic rings. The molecule has 168 valence electrons. The zero-order valence-corrected chi connectivity index (χ0v) is 19.3. The van der Waals surface area contributed by atoms with E-state index in [-0.39, 0.29) is 29.9 Å². The molecule has 1 aromatic carbocycles. The molecule has 1 N–H and O–H groups in total. The number of rotatable bonds is 6. The summed E-state index contributed by atoms with van der Waals surface area (Å²) in [5.74, 6) is -0.317. The number of amides is 2. The molecule has 0 unspecified atom stereocenters. The number of pyridine rings is 1. The van der Waals surface area contributed by atoms with Crippen molar-refractivity contribution >= 4 is 29.3 Å². The molecule has 1 aliphatic heterocycles. The minimum Gasteiger partial charge on any atom is -0.339 e. The molecule has 0 spiro atoms. The molecule has 2 amide bonds. The predicted molar refractivity (Wildman–Crippen MR) is 122 cm³/mol. The highest BCUT2D eigenvalue weighted by Gasteiger charge is 2.23. The number of benzene rings is 1. The minimum absolute atomic E-state index is 0.00742. The Morgan fingerprint density at radius 1 is 1.12 bits per heavy atom. The number of aromatic nitrogens is 1. The summed E-state index contributed by atoms with van der Waals surface area (Å²) in [7, 11) is 0. The number of carbonyl (C=O) groups is 2. The molecule has 0 saturated carbocycles. The van der Waals surface area contributed by atoms with Crippen LogP contribution in [0.5, 0.6) is 0 Å². The van der Waals surface area contributed by atoms with E-state index in [0.717, 1.165) is 16.8 Å². The molecular weight excluding hydrogens is 429 g/mol. The van der Waals surface area contributed by atoms with Gasteiger partial charge in [-0.25, -0.2) is 9.37 Å². The van der Waals surface area contributed by atoms with Gasteiger partial charge in [-0.05, 0) is 56.2 Å². The van der Waals surface area contributed by atoms with Crippen molar-refractivity contribution in [2.24, 2.45) is 0 Å². The quantitative estimate of drug-likeness (QED) is 0.674. The summed E-state index contributed by atoms with van der Waals surface area (Å²) >= 11 is 1.29. The maximum absolute atomic E-state index is 13.0. The molecular formula is C23H26FN5O2S. The Morgan fingerprint density at radius 2 is 1.78 bits per heavy atom. The van der Waals surface area contributed by atoms with Crippen LogP contribution in [-0.2, 0) is 9.59 Å². The van der Waals surface area contributed by atoms with Gasteiger partial charge in [0.15, 0.2) is 0 Å². The molecule has 3 rings (SSSR count). The van der Waals surface area contributed by atoms with Crippen molar-refractivity contribution < 1.29 is 14.0 Å². The van der Waals surface area contributed by atoms with E-state index in [1.165, 1.54) is 36.0 Å². The van der Waals surface area contributed by atoms with Gasteiger partial charge >= 0.3 is 0 Å². The lowest BCUT2D eigenvalue weighted by Crippen LogP contribution is -2.50. The van der Waals surface area contributed by atoms with Crippen LogP contribution in [0.2, 0.25) is 0 Å². The van der Waals surface area contributed by atoms with Crippen LogP contribution in [0.4, 0.5) is 10.1 Å². The van der Waals surface area contributed by atoms with Crippen molar-refractivity contribution in [3.05, 3.63) is 52.5 Å². The second kappa shape index (κ2) is 10.6. The fraction of sp³-hybridized carbons (Fsp3) is 0.391. The van der Waals surface area contributed by atoms with Gasteiger partial charge in [0, 0.05) is 37.6 Å². The Labute approximate surface area is 191 Å². The number of thioether (sulfide) groups is 1. The van der Waals surface area contributed by atoms with Crippen molar-refractivity contribution in [2.75, 3.05) is 43.8 Å². The molecule has 1 aliphatic rings. The average Bonchev–Trinajstić information content (AvgIpc) is 2.78. The molecule has 0 atom stereocenters. The Bertz CT molecular complexity index is 1040. The third-order valence-electron chi connectivity index (χ3n) is 5.63. The minimum atomic E-state index is -0.353. The number of halogens is 1. The number of hydrogen-bond acceptors (Lipinski definition) is 6. The largest absolute Gasteiger partial charge is 0.339 e. The van der Waals surface area contributed by atoms with E-state index in [9.17, 15) is 19.2 Å². The summed E-state index contributed by atoms with van der Waals surface area (Å²) in [4.78, 5) is 33.2. The van der Waals surface area contributed by atoms with Gasteiger partial charge in [-0.3, -0.25) is 14.5 Å². The van der Waals surface area contributed by atoms with Gasteiger partial charge in [0.2, 0.25) is 11.8 Å². The number of carbonyl (C=O) groups excluding carboxylic acids is 2. The van der Waals surface area contributed by atoms with Gasteiger partial charge in [0.1, 0.15) is 16.9 Å². The lowest BCUT2D eigenvalue weighted by molar-refractivity contribution is -0.130. The lowest BCUT2D eigenvalue weighted by atomic mass is 10.1. The summed E-state index contributed by atoms with van der Waals surface area (Å²) in [6.45, 7) is 8.22. The first-order valence-corrected chi connectivity index (χ1v) is 11.3. The Balaban J connectivity index is 1.47. The normalized spacial score (nSPS) is 14.2. The van der Waals surface area contributed by atoms with E-state index in [4.69, 9.17) is 0 Å². The molecule has 1 fully saturated rings. The summed E-state index contributed by atoms with van der Waals surface area (Å²) in [5.41, 5.74) is 3.85. The Morgan fingerprint density at radius 3 is 2.41 bits per heavy atom. The second-order valence-corrected chi connectivity index (χ2v) is 8.70. The number of nitrogens with one attached hydrogen (secondary N) is 1. The van der Waals surface area contributed by atoms with Crippen molar-refractivity contribution in [3.63, 3.8) is 0 Å². The molecule has 0 radical (unpaired) electrons. The van der Waals surface area contributed by atoms with Crippen LogP contribution >= 0.6 is 11.8 Å². The second-order valence-electron chi connectivity index (χ2n) is 7.74. The van der Waals surface area contributed by atoms with Crippen LogP contribution in [0, 0.1) is 37.9 Å². The summed E-state index contributed by atoms with van der Waals surface area (Å²) in [5, 5.41) is 12.8. The van der Waals surface area contributed by atoms with Crippen LogP contribution < -0.4 is 5.32 Å². The van der Waals surface area contributed by atoms with Crippen LogP contribution in [0.15, 0.2) is 29.3 Å². The van der Waals surface area contributed by atoms with Gasteiger partial charge in [-0.15, -0.1) is 0 Å². The van der Waals surface area contributed by atoms with Crippen LogP contribution in [0.3, 0.4) is 0 Å². The maximum atomic E-state index is 13.0. The predicted octanol–water partition coefficient (Wildman–Crippen LogP) is 2.89. The molecule has 1 saturated heterocycles. The monoisotopic (exact) mass is 455 g/mol. The molecule has 2 heterocycles. The number of anilines is 1. The van der Waals surface area contributed by atoms with E-state index in [2.05, 4.69) is 16.4 Å². The third kappa shape index (κ3) is 5.84. The first-order chi connectivity index (χ1) is 15.3. The van der Waals surface area contributed by atoms with E-state index in [1.54, 1.807) is 4.90 Å². The first kappa shape index (κ1) is 23.7. The number of nitriles is 1. The zero-order valence-electron chi connectivity index (χ0n) is 18.4. The highest BCUT2D eigenvalue weighted by Crippen LogP contribution is 2.26. The summed E-state index contributed by atoms with van der Waals surface area (Å²) in [6, 6.07) is 7.84. The van der Waals surface area contributed by atoms with Crippen molar-refractivity contribution in [3.8, 4) is 6.07 Å². The van der Waals surface area contributed by atoms with Crippen molar-refractivity contribution in [1.82, 2.24) is 14.8 Å².